The molecule has 1 aromatic carbocycles. The second kappa shape index (κ2) is 7.81. The lowest BCUT2D eigenvalue weighted by Crippen LogP contribution is -2.30. The highest BCUT2D eigenvalue weighted by molar-refractivity contribution is 7.15. The number of rotatable bonds is 4. The second-order valence-electron chi connectivity index (χ2n) is 7.26. The number of hydrogen-bond donors (Lipinski definition) is 0. The molecule has 1 aliphatic heterocycles. The number of benzene rings is 1. The van der Waals surface area contributed by atoms with Crippen LogP contribution in [0.5, 0.6) is 0 Å². The van der Waals surface area contributed by atoms with E-state index in [1.54, 1.807) is 23.7 Å². The van der Waals surface area contributed by atoms with Crippen LogP contribution in [0.15, 0.2) is 61.1 Å². The summed E-state index contributed by atoms with van der Waals surface area (Å²) in [7, 11) is 0. The Morgan fingerprint density at radius 1 is 1.00 bits per heavy atom. The summed E-state index contributed by atoms with van der Waals surface area (Å²) in [6.45, 7) is 4.91. The van der Waals surface area contributed by atoms with Gasteiger partial charge >= 0.3 is 0 Å². The number of aryl methyl sites for hydroxylation is 1. The third-order valence-electron chi connectivity index (χ3n) is 5.23. The lowest BCUT2D eigenvalue weighted by atomic mass is 10.1. The highest BCUT2D eigenvalue weighted by Crippen LogP contribution is 2.30. The van der Waals surface area contributed by atoms with E-state index in [1.807, 2.05) is 24.4 Å². The zero-order valence-corrected chi connectivity index (χ0v) is 17.1. The molecule has 0 aliphatic carbocycles. The Morgan fingerprint density at radius 3 is 2.66 bits per heavy atom. The zero-order chi connectivity index (χ0) is 19.6. The highest BCUT2D eigenvalue weighted by atomic mass is 32.1. The van der Waals surface area contributed by atoms with Crippen molar-refractivity contribution in [3.05, 3.63) is 82.9 Å². The predicted octanol–water partition coefficient (Wildman–Crippen LogP) is 4.53. The smallest absolute Gasteiger partial charge is 0.159 e. The first-order valence-corrected chi connectivity index (χ1v) is 10.6. The summed E-state index contributed by atoms with van der Waals surface area (Å²) in [4.78, 5) is 22.1. The van der Waals surface area contributed by atoms with E-state index in [0.29, 0.717) is 0 Å². The van der Waals surface area contributed by atoms with Crippen LogP contribution in [0.25, 0.3) is 22.0 Å². The fourth-order valence-electron chi connectivity index (χ4n) is 3.63. The van der Waals surface area contributed by atoms with Crippen LogP contribution < -0.4 is 0 Å². The first-order chi connectivity index (χ1) is 14.3. The molecule has 1 aliphatic rings. The average Bonchev–Trinajstić information content (AvgIpc) is 3.15. The molecule has 29 heavy (non-hydrogen) atoms. The summed E-state index contributed by atoms with van der Waals surface area (Å²) in [5.74, 6) is 0.783. The van der Waals surface area contributed by atoms with E-state index in [9.17, 15) is 0 Å². The Kier molecular flexibility index (Phi) is 4.87. The first kappa shape index (κ1) is 18.1. The maximum atomic E-state index is 4.81. The van der Waals surface area contributed by atoms with Crippen molar-refractivity contribution in [2.75, 3.05) is 6.54 Å². The van der Waals surface area contributed by atoms with E-state index in [4.69, 9.17) is 9.97 Å². The lowest BCUT2D eigenvalue weighted by molar-refractivity contribution is 0.244. The first-order valence-electron chi connectivity index (χ1n) is 9.75. The van der Waals surface area contributed by atoms with Gasteiger partial charge in [-0.15, -0.1) is 11.3 Å². The van der Waals surface area contributed by atoms with E-state index < -0.39 is 0 Å². The van der Waals surface area contributed by atoms with Gasteiger partial charge in [-0.1, -0.05) is 30.3 Å². The molecule has 6 heteroatoms. The van der Waals surface area contributed by atoms with Crippen LogP contribution in [0.4, 0.5) is 0 Å². The quantitative estimate of drug-likeness (QED) is 0.505. The summed E-state index contributed by atoms with van der Waals surface area (Å²) in [5.41, 5.74) is 5.71. The van der Waals surface area contributed by atoms with Gasteiger partial charge in [-0.2, -0.15) is 0 Å². The SMILES string of the molecule is Cc1nc(-c2ccccc2)sc1CN1CCc2nc(-c3ccncc3)ncc2C1. The van der Waals surface area contributed by atoms with Crippen molar-refractivity contribution in [1.82, 2.24) is 24.8 Å². The number of thiazole rings is 1. The van der Waals surface area contributed by atoms with Crippen LogP contribution in [-0.2, 0) is 19.5 Å². The molecule has 0 spiro atoms. The van der Waals surface area contributed by atoms with Crippen molar-refractivity contribution in [2.24, 2.45) is 0 Å². The average molecular weight is 400 g/mol. The van der Waals surface area contributed by atoms with Crippen LogP contribution in [0.3, 0.4) is 0 Å². The van der Waals surface area contributed by atoms with Crippen LogP contribution in [0, 0.1) is 6.92 Å². The molecule has 4 heterocycles. The van der Waals surface area contributed by atoms with E-state index in [-0.39, 0.29) is 0 Å². The lowest BCUT2D eigenvalue weighted by Gasteiger charge is -2.27. The molecule has 0 fully saturated rings. The molecule has 5 rings (SSSR count). The molecule has 4 aromatic rings. The molecular formula is C23H21N5S. The van der Waals surface area contributed by atoms with Gasteiger partial charge in [0.15, 0.2) is 5.82 Å². The standard InChI is InChI=1S/C23H21N5S/c1-16-21(29-23(26-16)18-5-3-2-4-6-18)15-28-12-9-20-19(14-28)13-25-22(27-20)17-7-10-24-11-8-17/h2-8,10-11,13H,9,12,14-15H2,1H3. The molecule has 0 atom stereocenters. The summed E-state index contributed by atoms with van der Waals surface area (Å²) in [5, 5.41) is 1.10. The van der Waals surface area contributed by atoms with Gasteiger partial charge in [-0.05, 0) is 19.1 Å². The number of nitrogens with zero attached hydrogens (tertiary/aromatic N) is 5. The van der Waals surface area contributed by atoms with Crippen molar-refractivity contribution in [3.8, 4) is 22.0 Å². The monoisotopic (exact) mass is 399 g/mol. The molecule has 0 N–H and O–H groups in total. The Labute approximate surface area is 174 Å². The van der Waals surface area contributed by atoms with Gasteiger partial charge in [0, 0.05) is 66.2 Å². The summed E-state index contributed by atoms with van der Waals surface area (Å²) >= 11 is 1.80. The van der Waals surface area contributed by atoms with E-state index in [2.05, 4.69) is 46.1 Å². The topological polar surface area (TPSA) is 54.8 Å². The molecule has 0 bridgehead atoms. The normalized spacial score (nSPS) is 14.0. The van der Waals surface area contributed by atoms with Gasteiger partial charge in [-0.3, -0.25) is 9.88 Å². The van der Waals surface area contributed by atoms with Crippen LogP contribution in [0.2, 0.25) is 0 Å². The Bertz CT molecular complexity index is 1120. The van der Waals surface area contributed by atoms with E-state index in [0.717, 1.165) is 53.8 Å². The molecule has 0 radical (unpaired) electrons. The minimum atomic E-state index is 0.783. The van der Waals surface area contributed by atoms with Gasteiger partial charge in [0.05, 0.1) is 11.4 Å². The number of hydrogen-bond acceptors (Lipinski definition) is 6. The molecule has 0 unspecified atom stereocenters. The Hall–Kier alpha value is -2.96. The Balaban J connectivity index is 1.32. The number of aromatic nitrogens is 4. The fourth-order valence-corrected chi connectivity index (χ4v) is 4.74. The van der Waals surface area contributed by atoms with Crippen molar-refractivity contribution < 1.29 is 0 Å². The minimum absolute atomic E-state index is 0.783. The molecule has 0 saturated heterocycles. The third-order valence-corrected chi connectivity index (χ3v) is 6.42. The second-order valence-corrected chi connectivity index (χ2v) is 8.34. The van der Waals surface area contributed by atoms with Gasteiger partial charge in [0.1, 0.15) is 5.01 Å². The van der Waals surface area contributed by atoms with E-state index >= 15 is 0 Å². The molecule has 0 amide bonds. The molecule has 5 nitrogen and oxygen atoms in total. The molecule has 144 valence electrons. The summed E-state index contributed by atoms with van der Waals surface area (Å²) in [6.07, 6.45) is 6.49. The molecule has 0 saturated carbocycles. The zero-order valence-electron chi connectivity index (χ0n) is 16.2. The third kappa shape index (κ3) is 3.81. The van der Waals surface area contributed by atoms with Crippen LogP contribution >= 0.6 is 11.3 Å². The summed E-state index contributed by atoms with van der Waals surface area (Å²) < 4.78 is 0. The fraction of sp³-hybridized carbons (Fsp3) is 0.217. The van der Waals surface area contributed by atoms with Gasteiger partial charge < -0.3 is 0 Å². The maximum absolute atomic E-state index is 4.81. The van der Waals surface area contributed by atoms with Crippen molar-refractivity contribution in [3.63, 3.8) is 0 Å². The van der Waals surface area contributed by atoms with Crippen molar-refractivity contribution in [2.45, 2.75) is 26.4 Å². The van der Waals surface area contributed by atoms with Crippen molar-refractivity contribution >= 4 is 11.3 Å². The highest BCUT2D eigenvalue weighted by Gasteiger charge is 2.21. The van der Waals surface area contributed by atoms with Gasteiger partial charge in [0.25, 0.3) is 0 Å². The molecule has 3 aromatic heterocycles. The summed E-state index contributed by atoms with van der Waals surface area (Å²) in [6, 6.07) is 14.3. The van der Waals surface area contributed by atoms with Gasteiger partial charge in [-0.25, -0.2) is 15.0 Å². The Morgan fingerprint density at radius 2 is 1.83 bits per heavy atom. The van der Waals surface area contributed by atoms with Crippen molar-refractivity contribution in [1.29, 1.82) is 0 Å². The number of fused-ring (bicyclic) bond motifs is 1. The maximum Gasteiger partial charge on any atom is 0.159 e. The van der Waals surface area contributed by atoms with E-state index in [1.165, 1.54) is 16.0 Å². The molecular weight excluding hydrogens is 378 g/mol. The van der Waals surface area contributed by atoms with Crippen LogP contribution in [0.1, 0.15) is 21.8 Å². The predicted molar refractivity (Wildman–Crippen MR) is 115 cm³/mol. The van der Waals surface area contributed by atoms with Gasteiger partial charge in [0.2, 0.25) is 0 Å². The van der Waals surface area contributed by atoms with Crippen LogP contribution in [-0.4, -0.2) is 31.4 Å². The largest absolute Gasteiger partial charge is 0.293 e. The number of pyridine rings is 1. The minimum Gasteiger partial charge on any atom is -0.293 e.